The van der Waals surface area contributed by atoms with E-state index in [1.54, 1.807) is 11.1 Å². The van der Waals surface area contributed by atoms with E-state index in [1.165, 1.54) is 51.4 Å². The molecule has 0 atom stereocenters. The topological polar surface area (TPSA) is 0 Å². The predicted octanol–water partition coefficient (Wildman–Crippen LogP) is 5.10. The number of hydrogen-bond acceptors (Lipinski definition) is 0. The van der Waals surface area contributed by atoms with Gasteiger partial charge in [-0.1, -0.05) is 36.5 Å². The van der Waals surface area contributed by atoms with Gasteiger partial charge >= 0.3 is 0 Å². The molecule has 0 aromatic rings. The summed E-state index contributed by atoms with van der Waals surface area (Å²) >= 11 is 0. The minimum absolute atomic E-state index is 1.25. The van der Waals surface area contributed by atoms with Crippen molar-refractivity contribution in [1.82, 2.24) is 0 Å². The van der Waals surface area contributed by atoms with E-state index in [4.69, 9.17) is 0 Å². The summed E-state index contributed by atoms with van der Waals surface area (Å²) in [6, 6.07) is 0. The predicted molar refractivity (Wildman–Crippen MR) is 71.4 cm³/mol. The molecule has 0 unspecified atom stereocenters. The van der Waals surface area contributed by atoms with E-state index in [2.05, 4.69) is 36.5 Å². The lowest BCUT2D eigenvalue weighted by atomic mass is 9.92. The molecule has 0 amide bonds. The molecule has 0 saturated heterocycles. The number of allylic oxidation sites excluding steroid dienone is 8. The van der Waals surface area contributed by atoms with Crippen LogP contribution in [0.2, 0.25) is 0 Å². The lowest BCUT2D eigenvalue weighted by Gasteiger charge is -2.14. The summed E-state index contributed by atoms with van der Waals surface area (Å²) in [5.74, 6) is 0. The Morgan fingerprint density at radius 2 is 1.12 bits per heavy atom. The molecular formula is C16H22. The van der Waals surface area contributed by atoms with Crippen molar-refractivity contribution in [3.05, 3.63) is 47.6 Å². The summed E-state index contributed by atoms with van der Waals surface area (Å²) in [7, 11) is 0. The van der Waals surface area contributed by atoms with Crippen LogP contribution in [0.4, 0.5) is 0 Å². The third-order valence-corrected chi connectivity index (χ3v) is 3.41. The van der Waals surface area contributed by atoms with E-state index >= 15 is 0 Å². The Bertz CT molecular complexity index is 292. The summed E-state index contributed by atoms with van der Waals surface area (Å²) in [6.07, 6.45) is 24.2. The van der Waals surface area contributed by atoms with Gasteiger partial charge in [-0.25, -0.2) is 0 Å². The first-order valence-electron chi connectivity index (χ1n) is 6.68. The highest BCUT2D eigenvalue weighted by Gasteiger charge is 2.06. The second-order valence-corrected chi connectivity index (χ2v) is 4.73. The van der Waals surface area contributed by atoms with Crippen molar-refractivity contribution in [1.29, 1.82) is 0 Å². The van der Waals surface area contributed by atoms with Crippen LogP contribution in [-0.2, 0) is 0 Å². The number of rotatable bonds is 1. The van der Waals surface area contributed by atoms with Crippen LogP contribution < -0.4 is 0 Å². The molecule has 2 aliphatic carbocycles. The molecule has 0 nitrogen and oxygen atoms in total. The van der Waals surface area contributed by atoms with Crippen molar-refractivity contribution < 1.29 is 0 Å². The van der Waals surface area contributed by atoms with Crippen molar-refractivity contribution in [2.24, 2.45) is 0 Å². The zero-order valence-corrected chi connectivity index (χ0v) is 10.1. The molecule has 0 bridgehead atoms. The number of hydrogen-bond donors (Lipinski definition) is 0. The van der Waals surface area contributed by atoms with Crippen LogP contribution in [0.15, 0.2) is 47.6 Å². The molecule has 0 saturated carbocycles. The van der Waals surface area contributed by atoms with Gasteiger partial charge in [-0.05, 0) is 62.5 Å². The Kier molecular flexibility index (Phi) is 4.67. The molecule has 2 rings (SSSR count). The van der Waals surface area contributed by atoms with Crippen molar-refractivity contribution in [2.75, 3.05) is 0 Å². The molecule has 2 aliphatic rings. The average Bonchev–Trinajstić information content (AvgIpc) is 2.18. The maximum Gasteiger partial charge on any atom is -0.0276 e. The van der Waals surface area contributed by atoms with E-state index in [-0.39, 0.29) is 0 Å². The van der Waals surface area contributed by atoms with E-state index in [0.717, 1.165) is 0 Å². The van der Waals surface area contributed by atoms with Gasteiger partial charge in [0.2, 0.25) is 0 Å². The highest BCUT2D eigenvalue weighted by molar-refractivity contribution is 5.36. The summed E-state index contributed by atoms with van der Waals surface area (Å²) in [5, 5.41) is 0. The molecule has 0 spiro atoms. The van der Waals surface area contributed by atoms with Crippen LogP contribution in [0.5, 0.6) is 0 Å². The van der Waals surface area contributed by atoms with Crippen molar-refractivity contribution >= 4 is 0 Å². The SMILES string of the molecule is C1=C/CCCCC(/C2=C/C=C\CCCC2)=C\1. The van der Waals surface area contributed by atoms with E-state index in [0.29, 0.717) is 0 Å². The fourth-order valence-corrected chi connectivity index (χ4v) is 2.42. The fourth-order valence-electron chi connectivity index (χ4n) is 2.42. The van der Waals surface area contributed by atoms with Crippen LogP contribution in [0.25, 0.3) is 0 Å². The normalized spacial score (nSPS) is 33.0. The van der Waals surface area contributed by atoms with E-state index in [1.807, 2.05) is 0 Å². The maximum atomic E-state index is 2.33. The molecule has 0 N–H and O–H groups in total. The fraction of sp³-hybridized carbons (Fsp3) is 0.500. The molecular weight excluding hydrogens is 192 g/mol. The molecule has 86 valence electrons. The summed E-state index contributed by atoms with van der Waals surface area (Å²) < 4.78 is 0. The zero-order chi connectivity index (χ0) is 11.1. The summed E-state index contributed by atoms with van der Waals surface area (Å²) in [6.45, 7) is 0. The molecule has 0 heterocycles. The van der Waals surface area contributed by atoms with Gasteiger partial charge in [0.15, 0.2) is 0 Å². The van der Waals surface area contributed by atoms with Crippen LogP contribution in [0.1, 0.15) is 51.4 Å². The van der Waals surface area contributed by atoms with Crippen LogP contribution in [0, 0.1) is 0 Å². The van der Waals surface area contributed by atoms with E-state index in [9.17, 15) is 0 Å². The van der Waals surface area contributed by atoms with Crippen LogP contribution in [-0.4, -0.2) is 0 Å². The van der Waals surface area contributed by atoms with Gasteiger partial charge < -0.3 is 0 Å². The van der Waals surface area contributed by atoms with Gasteiger partial charge in [0.1, 0.15) is 0 Å². The Morgan fingerprint density at radius 3 is 1.62 bits per heavy atom. The smallest absolute Gasteiger partial charge is 0.0276 e. The first-order chi connectivity index (χ1) is 7.97. The second kappa shape index (κ2) is 6.52. The third-order valence-electron chi connectivity index (χ3n) is 3.41. The van der Waals surface area contributed by atoms with Crippen molar-refractivity contribution in [3.63, 3.8) is 0 Å². The quantitative estimate of drug-likeness (QED) is 0.569. The van der Waals surface area contributed by atoms with Crippen LogP contribution in [0.3, 0.4) is 0 Å². The Hall–Kier alpha value is -1.04. The Labute approximate surface area is 99.4 Å². The van der Waals surface area contributed by atoms with Gasteiger partial charge in [-0.2, -0.15) is 0 Å². The van der Waals surface area contributed by atoms with Gasteiger partial charge in [0.05, 0.1) is 0 Å². The van der Waals surface area contributed by atoms with Gasteiger partial charge in [-0.15, -0.1) is 0 Å². The third kappa shape index (κ3) is 3.52. The maximum absolute atomic E-state index is 2.33. The largest absolute Gasteiger partial charge is 0.0845 e. The highest BCUT2D eigenvalue weighted by atomic mass is 14.1. The standard InChI is InChI=1S/C16H22/c1-3-7-11-15(12-8-4-1)16-13-9-5-2-6-10-14-16/h3,5,7,9,11,13H,1-2,4,6,8,10,12,14H2/b7-3-,9-5-,15-11+,16-13+. The molecule has 0 aliphatic heterocycles. The van der Waals surface area contributed by atoms with Gasteiger partial charge in [-0.3, -0.25) is 0 Å². The minimum atomic E-state index is 1.25. The monoisotopic (exact) mass is 214 g/mol. The van der Waals surface area contributed by atoms with E-state index < -0.39 is 0 Å². The van der Waals surface area contributed by atoms with Crippen molar-refractivity contribution in [2.45, 2.75) is 51.4 Å². The molecule has 0 aromatic carbocycles. The van der Waals surface area contributed by atoms with Gasteiger partial charge in [0, 0.05) is 0 Å². The Morgan fingerprint density at radius 1 is 0.625 bits per heavy atom. The molecule has 0 radical (unpaired) electrons. The summed E-state index contributed by atoms with van der Waals surface area (Å²) in [4.78, 5) is 0. The zero-order valence-electron chi connectivity index (χ0n) is 10.1. The molecule has 0 heteroatoms. The second-order valence-electron chi connectivity index (χ2n) is 4.73. The highest BCUT2D eigenvalue weighted by Crippen LogP contribution is 2.25. The first-order valence-corrected chi connectivity index (χ1v) is 6.68. The molecule has 16 heavy (non-hydrogen) atoms. The minimum Gasteiger partial charge on any atom is -0.0845 e. The van der Waals surface area contributed by atoms with Crippen molar-refractivity contribution in [3.8, 4) is 0 Å². The lowest BCUT2D eigenvalue weighted by molar-refractivity contribution is 0.709. The first kappa shape index (κ1) is 11.4. The average molecular weight is 214 g/mol. The molecule has 0 aromatic heterocycles. The Balaban J connectivity index is 2.13. The molecule has 0 fully saturated rings. The summed E-state index contributed by atoms with van der Waals surface area (Å²) in [5.41, 5.74) is 3.14. The van der Waals surface area contributed by atoms with Crippen LogP contribution >= 0.6 is 0 Å². The lowest BCUT2D eigenvalue weighted by Crippen LogP contribution is -1.94. The van der Waals surface area contributed by atoms with Gasteiger partial charge in [0.25, 0.3) is 0 Å².